The zero-order valence-electron chi connectivity index (χ0n) is 6.62. The minimum Gasteiger partial charge on any atom is -0.475 e. The van der Waals surface area contributed by atoms with E-state index in [1.54, 1.807) is 7.11 Å². The van der Waals surface area contributed by atoms with Crippen LogP contribution in [0.1, 0.15) is 6.42 Å². The van der Waals surface area contributed by atoms with E-state index in [2.05, 4.69) is 8.75 Å². The molecular formula is C6H9ClN2O2S. The maximum Gasteiger partial charge on any atom is 0.265 e. The quantitative estimate of drug-likeness (QED) is 0.690. The fourth-order valence-corrected chi connectivity index (χ4v) is 1.27. The molecule has 6 heteroatoms. The highest BCUT2D eigenvalue weighted by atomic mass is 35.5. The number of methoxy groups -OCH3 is 1. The van der Waals surface area contributed by atoms with Gasteiger partial charge in [-0.1, -0.05) is 11.6 Å². The Morgan fingerprint density at radius 3 is 2.83 bits per heavy atom. The molecule has 1 rings (SSSR count). The smallest absolute Gasteiger partial charge is 0.265 e. The molecule has 0 bridgehead atoms. The first-order valence-corrected chi connectivity index (χ1v) is 4.55. The van der Waals surface area contributed by atoms with Crippen molar-refractivity contribution in [3.05, 3.63) is 5.15 Å². The van der Waals surface area contributed by atoms with Gasteiger partial charge in [0.05, 0.1) is 18.3 Å². The summed E-state index contributed by atoms with van der Waals surface area (Å²) in [7, 11) is 1.65. The Balaban J connectivity index is 2.20. The van der Waals surface area contributed by atoms with Gasteiger partial charge in [0.25, 0.3) is 5.88 Å². The van der Waals surface area contributed by atoms with Crippen molar-refractivity contribution in [2.45, 2.75) is 6.42 Å². The third kappa shape index (κ3) is 2.92. The number of rotatable bonds is 5. The van der Waals surface area contributed by atoms with E-state index >= 15 is 0 Å². The molecule has 0 aromatic carbocycles. The van der Waals surface area contributed by atoms with E-state index in [9.17, 15) is 0 Å². The van der Waals surface area contributed by atoms with Crippen LogP contribution in [0.15, 0.2) is 0 Å². The molecule has 0 saturated heterocycles. The Kier molecular flexibility index (Phi) is 4.27. The van der Waals surface area contributed by atoms with Gasteiger partial charge in [0, 0.05) is 20.1 Å². The summed E-state index contributed by atoms with van der Waals surface area (Å²) in [6, 6.07) is 0. The molecule has 12 heavy (non-hydrogen) atoms. The summed E-state index contributed by atoms with van der Waals surface area (Å²) in [5, 5.41) is 0.331. The Labute approximate surface area is 79.8 Å². The molecule has 1 aromatic rings. The summed E-state index contributed by atoms with van der Waals surface area (Å²) in [5.74, 6) is 0.415. The van der Waals surface area contributed by atoms with Gasteiger partial charge in [-0.05, 0) is 0 Å². The van der Waals surface area contributed by atoms with Crippen molar-refractivity contribution in [3.8, 4) is 5.88 Å². The maximum absolute atomic E-state index is 5.63. The Hall–Kier alpha value is -0.390. The summed E-state index contributed by atoms with van der Waals surface area (Å²) in [6.45, 7) is 1.23. The van der Waals surface area contributed by atoms with Gasteiger partial charge in [0.2, 0.25) is 5.15 Å². The Morgan fingerprint density at radius 2 is 2.25 bits per heavy atom. The summed E-state index contributed by atoms with van der Waals surface area (Å²) in [5.41, 5.74) is 0. The first-order valence-electron chi connectivity index (χ1n) is 3.44. The van der Waals surface area contributed by atoms with Gasteiger partial charge in [-0.15, -0.1) is 4.37 Å². The normalized spacial score (nSPS) is 10.2. The second kappa shape index (κ2) is 5.29. The van der Waals surface area contributed by atoms with Gasteiger partial charge in [-0.2, -0.15) is 4.37 Å². The average molecular weight is 209 g/mol. The van der Waals surface area contributed by atoms with E-state index in [0.29, 0.717) is 24.2 Å². The predicted molar refractivity (Wildman–Crippen MR) is 46.9 cm³/mol. The largest absolute Gasteiger partial charge is 0.475 e. The second-order valence-corrected chi connectivity index (χ2v) is 2.94. The number of hydrogen-bond acceptors (Lipinski definition) is 5. The van der Waals surface area contributed by atoms with Crippen molar-refractivity contribution in [1.82, 2.24) is 8.75 Å². The first kappa shape index (κ1) is 9.70. The fourth-order valence-electron chi connectivity index (χ4n) is 0.628. The monoisotopic (exact) mass is 208 g/mol. The lowest BCUT2D eigenvalue weighted by atomic mass is 10.5. The van der Waals surface area contributed by atoms with Crippen molar-refractivity contribution < 1.29 is 9.47 Å². The second-order valence-electron chi connectivity index (χ2n) is 2.06. The summed E-state index contributed by atoms with van der Waals surface area (Å²) >= 11 is 6.67. The van der Waals surface area contributed by atoms with Crippen LogP contribution < -0.4 is 4.74 Å². The third-order valence-electron chi connectivity index (χ3n) is 1.15. The highest BCUT2D eigenvalue weighted by molar-refractivity contribution is 6.99. The lowest BCUT2D eigenvalue weighted by molar-refractivity contribution is 0.171. The summed E-state index contributed by atoms with van der Waals surface area (Å²) < 4.78 is 17.7. The molecule has 4 nitrogen and oxygen atoms in total. The number of ether oxygens (including phenoxy) is 2. The molecule has 1 aromatic heterocycles. The van der Waals surface area contributed by atoms with Crippen molar-refractivity contribution in [2.75, 3.05) is 20.3 Å². The Bertz CT molecular complexity index is 231. The molecule has 0 aliphatic rings. The molecule has 0 spiro atoms. The van der Waals surface area contributed by atoms with Crippen LogP contribution in [0.4, 0.5) is 0 Å². The van der Waals surface area contributed by atoms with Crippen LogP contribution in [-0.4, -0.2) is 29.1 Å². The van der Waals surface area contributed by atoms with Crippen LogP contribution in [-0.2, 0) is 4.74 Å². The fraction of sp³-hybridized carbons (Fsp3) is 0.667. The van der Waals surface area contributed by atoms with E-state index in [1.807, 2.05) is 0 Å². The number of nitrogens with zero attached hydrogens (tertiary/aromatic N) is 2. The molecule has 0 amide bonds. The molecule has 0 unspecified atom stereocenters. The number of hydrogen-bond donors (Lipinski definition) is 0. The van der Waals surface area contributed by atoms with Crippen molar-refractivity contribution >= 4 is 23.3 Å². The van der Waals surface area contributed by atoms with Crippen LogP contribution in [0.5, 0.6) is 5.88 Å². The minimum atomic E-state index is 0.331. The lowest BCUT2D eigenvalue weighted by Gasteiger charge is -2.00. The van der Waals surface area contributed by atoms with Gasteiger partial charge in [-0.25, -0.2) is 0 Å². The van der Waals surface area contributed by atoms with Gasteiger partial charge >= 0.3 is 0 Å². The highest BCUT2D eigenvalue weighted by Gasteiger charge is 2.04. The first-order chi connectivity index (χ1) is 5.84. The van der Waals surface area contributed by atoms with Crippen LogP contribution >= 0.6 is 23.3 Å². The molecule has 68 valence electrons. The van der Waals surface area contributed by atoms with Crippen LogP contribution in [0.3, 0.4) is 0 Å². The van der Waals surface area contributed by atoms with Crippen LogP contribution in [0, 0.1) is 0 Å². The molecule has 0 radical (unpaired) electrons. The zero-order chi connectivity index (χ0) is 8.81. The van der Waals surface area contributed by atoms with E-state index in [0.717, 1.165) is 18.1 Å². The van der Waals surface area contributed by atoms with E-state index < -0.39 is 0 Å². The molecule has 1 heterocycles. The number of aromatic nitrogens is 2. The van der Waals surface area contributed by atoms with Crippen LogP contribution in [0.2, 0.25) is 5.15 Å². The average Bonchev–Trinajstić information content (AvgIpc) is 2.46. The van der Waals surface area contributed by atoms with Gasteiger partial charge < -0.3 is 9.47 Å². The standard InChI is InChI=1S/C6H9ClN2O2S/c1-10-3-2-4-11-6-5(7)8-12-9-6/h2-4H2,1H3. The van der Waals surface area contributed by atoms with E-state index in [1.165, 1.54) is 0 Å². The maximum atomic E-state index is 5.63. The number of halogens is 1. The molecule has 0 N–H and O–H groups in total. The molecular weight excluding hydrogens is 200 g/mol. The zero-order valence-corrected chi connectivity index (χ0v) is 8.19. The molecule has 0 saturated carbocycles. The van der Waals surface area contributed by atoms with Crippen molar-refractivity contribution in [1.29, 1.82) is 0 Å². The van der Waals surface area contributed by atoms with Gasteiger partial charge in [0.1, 0.15) is 0 Å². The predicted octanol–water partition coefficient (Wildman–Crippen LogP) is 1.61. The van der Waals surface area contributed by atoms with Crippen LogP contribution in [0.25, 0.3) is 0 Å². The Morgan fingerprint density at radius 1 is 1.42 bits per heavy atom. The lowest BCUT2D eigenvalue weighted by Crippen LogP contribution is -2.01. The van der Waals surface area contributed by atoms with Gasteiger partial charge in [-0.3, -0.25) is 0 Å². The topological polar surface area (TPSA) is 44.2 Å². The summed E-state index contributed by atoms with van der Waals surface area (Å²) in [6.07, 6.45) is 0.824. The van der Waals surface area contributed by atoms with Gasteiger partial charge in [0.15, 0.2) is 0 Å². The third-order valence-corrected chi connectivity index (χ3v) is 2.01. The molecule has 0 atom stereocenters. The van der Waals surface area contributed by atoms with Crippen molar-refractivity contribution in [2.24, 2.45) is 0 Å². The SMILES string of the molecule is COCCCOc1nsnc1Cl. The summed E-state index contributed by atoms with van der Waals surface area (Å²) in [4.78, 5) is 0. The molecule has 0 aliphatic heterocycles. The minimum absolute atomic E-state index is 0.331. The van der Waals surface area contributed by atoms with E-state index in [4.69, 9.17) is 21.1 Å². The van der Waals surface area contributed by atoms with E-state index in [-0.39, 0.29) is 0 Å². The van der Waals surface area contributed by atoms with Crippen molar-refractivity contribution in [3.63, 3.8) is 0 Å². The molecule has 0 fully saturated rings. The molecule has 0 aliphatic carbocycles. The highest BCUT2D eigenvalue weighted by Crippen LogP contribution is 2.20.